The Labute approximate surface area is 177 Å². The highest BCUT2D eigenvalue weighted by Crippen LogP contribution is 2.23. The van der Waals surface area contributed by atoms with Crippen molar-refractivity contribution in [2.45, 2.75) is 43.4 Å². The predicted octanol–water partition coefficient (Wildman–Crippen LogP) is 2.09. The molecule has 9 heteroatoms. The number of carbonyl (C=O) groups is 2. The molecule has 0 N–H and O–H groups in total. The van der Waals surface area contributed by atoms with E-state index in [1.807, 2.05) is 4.90 Å². The maximum Gasteiger partial charge on any atom is 0.242 e. The van der Waals surface area contributed by atoms with Crippen LogP contribution in [-0.4, -0.2) is 74.1 Å². The molecule has 2 fully saturated rings. The van der Waals surface area contributed by atoms with Crippen LogP contribution in [0.5, 0.6) is 0 Å². The molecule has 0 aliphatic carbocycles. The molecule has 1 aromatic carbocycles. The fraction of sp³-hybridized carbons (Fsp3) is 0.619. The van der Waals surface area contributed by atoms with E-state index in [0.29, 0.717) is 32.4 Å². The van der Waals surface area contributed by atoms with Gasteiger partial charge in [-0.1, -0.05) is 0 Å². The number of nitrogens with zero attached hydrogens (tertiary/aromatic N) is 3. The summed E-state index contributed by atoms with van der Waals surface area (Å²) in [6.45, 7) is 3.06. The molecule has 0 spiro atoms. The molecule has 1 aromatic rings. The van der Waals surface area contributed by atoms with Crippen LogP contribution in [0.1, 0.15) is 38.5 Å². The smallest absolute Gasteiger partial charge is 0.242 e. The summed E-state index contributed by atoms with van der Waals surface area (Å²) < 4.78 is 39.2. The van der Waals surface area contributed by atoms with E-state index >= 15 is 0 Å². The molecule has 0 atom stereocenters. The van der Waals surface area contributed by atoms with Gasteiger partial charge < -0.3 is 9.80 Å². The zero-order valence-electron chi connectivity index (χ0n) is 17.4. The van der Waals surface area contributed by atoms with Crippen molar-refractivity contribution < 1.29 is 22.4 Å². The van der Waals surface area contributed by atoms with Crippen LogP contribution >= 0.6 is 0 Å². The third kappa shape index (κ3) is 5.37. The summed E-state index contributed by atoms with van der Waals surface area (Å²) in [5, 5.41) is 0. The molecule has 2 aliphatic heterocycles. The van der Waals surface area contributed by atoms with E-state index in [-0.39, 0.29) is 35.6 Å². The highest BCUT2D eigenvalue weighted by molar-refractivity contribution is 7.89. The molecule has 0 unspecified atom stereocenters. The van der Waals surface area contributed by atoms with Crippen LogP contribution in [0.4, 0.5) is 4.39 Å². The van der Waals surface area contributed by atoms with Crippen LogP contribution in [0.25, 0.3) is 0 Å². The lowest BCUT2D eigenvalue weighted by Gasteiger charge is -2.33. The summed E-state index contributed by atoms with van der Waals surface area (Å²) in [7, 11) is -2.25. The van der Waals surface area contributed by atoms with E-state index in [2.05, 4.69) is 0 Å². The topological polar surface area (TPSA) is 78.0 Å². The largest absolute Gasteiger partial charge is 0.343 e. The molecule has 3 rings (SSSR count). The van der Waals surface area contributed by atoms with Crippen LogP contribution in [0.2, 0.25) is 0 Å². The number of hydrogen-bond acceptors (Lipinski definition) is 4. The van der Waals surface area contributed by atoms with E-state index in [1.54, 1.807) is 4.90 Å². The Kier molecular flexibility index (Phi) is 7.46. The van der Waals surface area contributed by atoms with Gasteiger partial charge in [0, 0.05) is 52.1 Å². The summed E-state index contributed by atoms with van der Waals surface area (Å²) in [5.74, 6) is -0.255. The van der Waals surface area contributed by atoms with Gasteiger partial charge in [0.05, 0.1) is 4.90 Å². The molecule has 166 valence electrons. The first kappa shape index (κ1) is 22.7. The number of piperidine rings is 1. The number of hydrogen-bond donors (Lipinski definition) is 0. The van der Waals surface area contributed by atoms with Gasteiger partial charge in [-0.25, -0.2) is 17.1 Å². The Morgan fingerprint density at radius 1 is 1.03 bits per heavy atom. The SMILES string of the molecule is CN(CCCC(=O)N1CCC(C(=O)N2CCCC2)CC1)S(=O)(=O)c1ccc(F)cc1. The molecule has 2 saturated heterocycles. The van der Waals surface area contributed by atoms with Gasteiger partial charge in [0.25, 0.3) is 0 Å². The van der Waals surface area contributed by atoms with Gasteiger partial charge in [-0.05, 0) is 56.4 Å². The second kappa shape index (κ2) is 9.87. The number of rotatable bonds is 7. The van der Waals surface area contributed by atoms with Gasteiger partial charge in [-0.2, -0.15) is 0 Å². The zero-order chi connectivity index (χ0) is 21.7. The number of sulfonamides is 1. The third-order valence-corrected chi connectivity index (χ3v) is 7.87. The first-order chi connectivity index (χ1) is 14.3. The Balaban J connectivity index is 1.41. The fourth-order valence-electron chi connectivity index (χ4n) is 4.09. The number of carbonyl (C=O) groups excluding carboxylic acids is 2. The fourth-order valence-corrected chi connectivity index (χ4v) is 5.30. The molecular weight excluding hydrogens is 409 g/mol. The van der Waals surface area contributed by atoms with Crippen molar-refractivity contribution in [1.29, 1.82) is 0 Å². The lowest BCUT2D eigenvalue weighted by molar-refractivity contribution is -0.140. The normalized spacial score (nSPS) is 18.2. The van der Waals surface area contributed by atoms with Crippen molar-refractivity contribution in [2.75, 3.05) is 39.8 Å². The van der Waals surface area contributed by atoms with Crippen molar-refractivity contribution in [3.05, 3.63) is 30.1 Å². The summed E-state index contributed by atoms with van der Waals surface area (Å²) >= 11 is 0. The van der Waals surface area contributed by atoms with Gasteiger partial charge in [-0.15, -0.1) is 0 Å². The summed E-state index contributed by atoms with van der Waals surface area (Å²) in [4.78, 5) is 28.7. The van der Waals surface area contributed by atoms with Crippen LogP contribution < -0.4 is 0 Å². The highest BCUT2D eigenvalue weighted by Gasteiger charge is 2.31. The Morgan fingerprint density at radius 2 is 1.63 bits per heavy atom. The Morgan fingerprint density at radius 3 is 2.23 bits per heavy atom. The lowest BCUT2D eigenvalue weighted by Crippen LogP contribution is -2.43. The standard InChI is InChI=1S/C21H30FN3O4S/c1-23(30(28,29)19-8-6-18(22)7-9-19)12-4-5-20(26)24-15-10-17(11-16-24)21(27)25-13-2-3-14-25/h6-9,17H,2-5,10-16H2,1H3. The molecule has 0 saturated carbocycles. The molecule has 2 amide bonds. The first-order valence-corrected chi connectivity index (χ1v) is 12.0. The van der Waals surface area contributed by atoms with Gasteiger partial charge in [-0.3, -0.25) is 9.59 Å². The summed E-state index contributed by atoms with van der Waals surface area (Å²) in [6, 6.07) is 4.70. The number of benzene rings is 1. The van der Waals surface area contributed by atoms with Crippen molar-refractivity contribution in [1.82, 2.24) is 14.1 Å². The van der Waals surface area contributed by atoms with Crippen molar-refractivity contribution >= 4 is 21.8 Å². The van der Waals surface area contributed by atoms with E-state index in [4.69, 9.17) is 0 Å². The van der Waals surface area contributed by atoms with E-state index in [0.717, 1.165) is 38.1 Å². The van der Waals surface area contributed by atoms with Crippen molar-refractivity contribution in [2.24, 2.45) is 5.92 Å². The van der Waals surface area contributed by atoms with Crippen molar-refractivity contribution in [3.8, 4) is 0 Å². The molecule has 7 nitrogen and oxygen atoms in total. The number of halogens is 1. The quantitative estimate of drug-likeness (QED) is 0.652. The minimum atomic E-state index is -3.70. The minimum Gasteiger partial charge on any atom is -0.343 e. The average molecular weight is 440 g/mol. The number of likely N-dealkylation sites (tertiary alicyclic amines) is 2. The molecule has 2 heterocycles. The van der Waals surface area contributed by atoms with Crippen LogP contribution in [0, 0.1) is 11.7 Å². The summed E-state index contributed by atoms with van der Waals surface area (Å²) in [6.07, 6.45) is 4.21. The predicted molar refractivity (Wildman–Crippen MR) is 111 cm³/mol. The van der Waals surface area contributed by atoms with Gasteiger partial charge >= 0.3 is 0 Å². The van der Waals surface area contributed by atoms with Gasteiger partial charge in [0.2, 0.25) is 21.8 Å². The first-order valence-electron chi connectivity index (χ1n) is 10.6. The van der Waals surface area contributed by atoms with E-state index < -0.39 is 15.8 Å². The molecule has 0 aromatic heterocycles. The lowest BCUT2D eigenvalue weighted by atomic mass is 9.95. The van der Waals surface area contributed by atoms with E-state index in [9.17, 15) is 22.4 Å². The van der Waals surface area contributed by atoms with Crippen LogP contribution in [0.15, 0.2) is 29.2 Å². The number of amides is 2. The van der Waals surface area contributed by atoms with E-state index in [1.165, 1.54) is 23.5 Å². The highest BCUT2D eigenvalue weighted by atomic mass is 32.2. The molecule has 30 heavy (non-hydrogen) atoms. The second-order valence-electron chi connectivity index (χ2n) is 8.07. The molecule has 0 radical (unpaired) electrons. The minimum absolute atomic E-state index is 0.00495. The second-order valence-corrected chi connectivity index (χ2v) is 10.1. The Hall–Kier alpha value is -2.00. The average Bonchev–Trinajstić information content (AvgIpc) is 3.28. The summed E-state index contributed by atoms with van der Waals surface area (Å²) in [5.41, 5.74) is 0. The maximum absolute atomic E-state index is 13.0. The van der Waals surface area contributed by atoms with Crippen LogP contribution in [0.3, 0.4) is 0 Å². The Bertz CT molecular complexity index is 846. The molecule has 2 aliphatic rings. The van der Waals surface area contributed by atoms with Gasteiger partial charge in [0.1, 0.15) is 5.82 Å². The monoisotopic (exact) mass is 439 g/mol. The zero-order valence-corrected chi connectivity index (χ0v) is 18.2. The van der Waals surface area contributed by atoms with Gasteiger partial charge in [0.15, 0.2) is 0 Å². The molecular formula is C21H30FN3O4S. The van der Waals surface area contributed by atoms with Crippen LogP contribution in [-0.2, 0) is 19.6 Å². The third-order valence-electron chi connectivity index (χ3n) is 6.00. The molecule has 0 bridgehead atoms. The maximum atomic E-state index is 13.0. The van der Waals surface area contributed by atoms with Crippen molar-refractivity contribution in [3.63, 3.8) is 0 Å².